The van der Waals surface area contributed by atoms with E-state index in [1.165, 1.54) is 13.2 Å². The lowest BCUT2D eigenvalue weighted by Crippen LogP contribution is -2.20. The molecule has 6 nitrogen and oxygen atoms in total. The average Bonchev–Trinajstić information content (AvgIpc) is 2.84. The number of phenols is 1. The Balaban J connectivity index is 2.52. The second-order valence-corrected chi connectivity index (χ2v) is 5.71. The summed E-state index contributed by atoms with van der Waals surface area (Å²) in [5, 5.41) is 37.4. The first-order valence-corrected chi connectivity index (χ1v) is 7.31. The molecule has 1 N–H and O–H groups in total. The highest BCUT2D eigenvalue weighted by Crippen LogP contribution is 2.40. The summed E-state index contributed by atoms with van der Waals surface area (Å²) in [6.07, 6.45) is 3.39. The number of aromatic hydroxyl groups is 1. The fourth-order valence-corrected chi connectivity index (χ4v) is 2.47. The van der Waals surface area contributed by atoms with E-state index < -0.39 is 5.60 Å². The minimum absolute atomic E-state index is 0.00194. The fourth-order valence-electron chi connectivity index (χ4n) is 2.47. The number of phenolic OH excluding ortho intramolecular Hbond substituents is 1. The predicted octanol–water partition coefficient (Wildman–Crippen LogP) is 3.34. The van der Waals surface area contributed by atoms with Crippen LogP contribution in [-0.2, 0) is 4.74 Å². The van der Waals surface area contributed by atoms with E-state index in [0.29, 0.717) is 16.9 Å². The summed E-state index contributed by atoms with van der Waals surface area (Å²) in [7, 11) is 1.46. The molecule has 124 valence electrons. The SMILES string of the molecule is COc1ccc(/C=C/C2=C(C#N)C(=C(C#N)C#N)OC2(C)C)cc1O. The molecule has 1 aliphatic heterocycles. The van der Waals surface area contributed by atoms with Crippen molar-refractivity contribution < 1.29 is 14.6 Å². The summed E-state index contributed by atoms with van der Waals surface area (Å²) in [5.74, 6) is 0.351. The van der Waals surface area contributed by atoms with Gasteiger partial charge in [-0.05, 0) is 31.5 Å². The second-order valence-electron chi connectivity index (χ2n) is 5.71. The first kappa shape index (κ1) is 17.7. The summed E-state index contributed by atoms with van der Waals surface area (Å²) < 4.78 is 10.7. The molecule has 1 aromatic carbocycles. The zero-order valence-corrected chi connectivity index (χ0v) is 14.0. The Morgan fingerprint density at radius 2 is 1.88 bits per heavy atom. The third kappa shape index (κ3) is 3.32. The molecule has 1 aromatic rings. The Morgan fingerprint density at radius 1 is 1.20 bits per heavy atom. The zero-order valence-electron chi connectivity index (χ0n) is 14.0. The maximum atomic E-state index is 9.84. The number of ether oxygens (including phenoxy) is 2. The third-order valence-corrected chi connectivity index (χ3v) is 3.71. The van der Waals surface area contributed by atoms with E-state index in [9.17, 15) is 10.4 Å². The van der Waals surface area contributed by atoms with Crippen molar-refractivity contribution >= 4 is 6.08 Å². The first-order valence-electron chi connectivity index (χ1n) is 7.31. The smallest absolute Gasteiger partial charge is 0.172 e. The second kappa shape index (κ2) is 6.83. The maximum Gasteiger partial charge on any atom is 0.172 e. The van der Waals surface area contributed by atoms with Crippen LogP contribution in [0.1, 0.15) is 19.4 Å². The molecule has 2 rings (SSSR count). The number of allylic oxidation sites excluding steroid dienone is 2. The molecule has 0 atom stereocenters. The Hall–Kier alpha value is -3.69. The molecule has 6 heteroatoms. The van der Waals surface area contributed by atoms with Crippen LogP contribution in [0, 0.1) is 34.0 Å². The average molecular weight is 333 g/mol. The quantitative estimate of drug-likeness (QED) is 0.849. The standard InChI is InChI=1S/C19H15N3O3/c1-19(2)15(14(11-22)18(25-19)13(9-20)10-21)6-4-12-5-7-17(24-3)16(23)8-12/h4-8,23H,1-3H3/b6-4+. The van der Waals surface area contributed by atoms with E-state index in [1.54, 1.807) is 50.3 Å². The van der Waals surface area contributed by atoms with Crippen molar-refractivity contribution in [2.75, 3.05) is 7.11 Å². The van der Waals surface area contributed by atoms with E-state index in [0.717, 1.165) is 0 Å². The largest absolute Gasteiger partial charge is 0.504 e. The van der Waals surface area contributed by atoms with E-state index in [4.69, 9.17) is 20.0 Å². The topological polar surface area (TPSA) is 110 Å². The van der Waals surface area contributed by atoms with Crippen LogP contribution in [0.2, 0.25) is 0 Å². The van der Waals surface area contributed by atoms with Crippen LogP contribution in [0.5, 0.6) is 11.5 Å². The maximum absolute atomic E-state index is 9.84. The van der Waals surface area contributed by atoms with Gasteiger partial charge in [0.15, 0.2) is 22.8 Å². The highest BCUT2D eigenvalue weighted by Gasteiger charge is 2.38. The lowest BCUT2D eigenvalue weighted by molar-refractivity contribution is 0.0954. The molecular weight excluding hydrogens is 318 g/mol. The Labute approximate surface area is 145 Å². The molecule has 0 aliphatic carbocycles. The van der Waals surface area contributed by atoms with Gasteiger partial charge >= 0.3 is 0 Å². The van der Waals surface area contributed by atoms with Gasteiger partial charge in [-0.3, -0.25) is 0 Å². The fraction of sp³-hybridized carbons (Fsp3) is 0.211. The van der Waals surface area contributed by atoms with Gasteiger partial charge in [0.05, 0.1) is 7.11 Å². The van der Waals surface area contributed by atoms with Crippen LogP contribution >= 0.6 is 0 Å². The van der Waals surface area contributed by atoms with Crippen LogP contribution in [0.25, 0.3) is 6.08 Å². The van der Waals surface area contributed by atoms with Gasteiger partial charge in [-0.1, -0.05) is 18.2 Å². The highest BCUT2D eigenvalue weighted by atomic mass is 16.5. The van der Waals surface area contributed by atoms with Crippen LogP contribution in [0.3, 0.4) is 0 Å². The van der Waals surface area contributed by atoms with Crippen molar-refractivity contribution in [3.8, 4) is 29.7 Å². The summed E-state index contributed by atoms with van der Waals surface area (Å²) in [4.78, 5) is 0. The van der Waals surface area contributed by atoms with Crippen LogP contribution in [0.4, 0.5) is 0 Å². The van der Waals surface area contributed by atoms with Crippen molar-refractivity contribution in [3.63, 3.8) is 0 Å². The monoisotopic (exact) mass is 333 g/mol. The van der Waals surface area contributed by atoms with Crippen molar-refractivity contribution in [2.45, 2.75) is 19.4 Å². The first-order chi connectivity index (χ1) is 11.9. The van der Waals surface area contributed by atoms with Crippen LogP contribution in [-0.4, -0.2) is 17.8 Å². The summed E-state index contributed by atoms with van der Waals surface area (Å²) >= 11 is 0. The van der Waals surface area contributed by atoms with Gasteiger partial charge < -0.3 is 14.6 Å². The Morgan fingerprint density at radius 3 is 2.40 bits per heavy atom. The molecule has 0 amide bonds. The third-order valence-electron chi connectivity index (χ3n) is 3.71. The zero-order chi connectivity index (χ0) is 18.6. The summed E-state index contributed by atoms with van der Waals surface area (Å²) in [5.41, 5.74) is 0.275. The van der Waals surface area contributed by atoms with Gasteiger partial charge in [-0.25, -0.2) is 0 Å². The molecule has 0 unspecified atom stereocenters. The number of benzene rings is 1. The molecule has 0 aromatic heterocycles. The lowest BCUT2D eigenvalue weighted by Gasteiger charge is -2.20. The number of nitrogens with zero attached hydrogens (tertiary/aromatic N) is 3. The van der Waals surface area contributed by atoms with Gasteiger partial charge in [0, 0.05) is 5.57 Å². The molecule has 0 bridgehead atoms. The molecule has 1 aliphatic rings. The predicted molar refractivity (Wildman–Crippen MR) is 89.7 cm³/mol. The van der Waals surface area contributed by atoms with Gasteiger partial charge in [0.2, 0.25) is 0 Å². The summed E-state index contributed by atoms with van der Waals surface area (Å²) in [6.45, 7) is 3.49. The molecule has 1 heterocycles. The molecule has 0 saturated carbocycles. The Kier molecular flexibility index (Phi) is 4.82. The van der Waals surface area contributed by atoms with E-state index in [1.807, 2.05) is 6.07 Å². The van der Waals surface area contributed by atoms with Gasteiger partial charge in [-0.15, -0.1) is 0 Å². The van der Waals surface area contributed by atoms with E-state index >= 15 is 0 Å². The molecule has 0 fully saturated rings. The van der Waals surface area contributed by atoms with Crippen molar-refractivity contribution in [2.24, 2.45) is 0 Å². The van der Waals surface area contributed by atoms with Gasteiger partial charge in [-0.2, -0.15) is 15.8 Å². The minimum Gasteiger partial charge on any atom is -0.504 e. The number of nitriles is 3. The van der Waals surface area contributed by atoms with Crippen LogP contribution in [0.15, 0.2) is 46.8 Å². The van der Waals surface area contributed by atoms with Crippen molar-refractivity contribution in [1.82, 2.24) is 0 Å². The molecule has 0 spiro atoms. The molecule has 0 radical (unpaired) electrons. The normalized spacial score (nSPS) is 15.3. The van der Waals surface area contributed by atoms with Crippen molar-refractivity contribution in [1.29, 1.82) is 15.8 Å². The summed E-state index contributed by atoms with van der Waals surface area (Å²) in [6, 6.07) is 10.4. The lowest BCUT2D eigenvalue weighted by atomic mass is 9.94. The van der Waals surface area contributed by atoms with Gasteiger partial charge in [0.1, 0.15) is 29.4 Å². The molecule has 0 saturated heterocycles. The van der Waals surface area contributed by atoms with E-state index in [-0.39, 0.29) is 22.7 Å². The molecular formula is C19H15N3O3. The highest BCUT2D eigenvalue weighted by molar-refractivity contribution is 5.65. The molecule has 25 heavy (non-hydrogen) atoms. The van der Waals surface area contributed by atoms with Crippen molar-refractivity contribution in [3.05, 3.63) is 52.3 Å². The van der Waals surface area contributed by atoms with Crippen LogP contribution < -0.4 is 4.74 Å². The Bertz CT molecular complexity index is 916. The number of methoxy groups -OCH3 is 1. The minimum atomic E-state index is -0.871. The number of rotatable bonds is 3. The number of hydrogen-bond donors (Lipinski definition) is 1. The van der Waals surface area contributed by atoms with Gasteiger partial charge in [0.25, 0.3) is 0 Å². The van der Waals surface area contributed by atoms with E-state index in [2.05, 4.69) is 0 Å². The number of hydrogen-bond acceptors (Lipinski definition) is 6.